The van der Waals surface area contributed by atoms with Crippen molar-refractivity contribution in [2.75, 3.05) is 7.05 Å². The van der Waals surface area contributed by atoms with E-state index in [-0.39, 0.29) is 0 Å². The van der Waals surface area contributed by atoms with Crippen molar-refractivity contribution >= 4 is 16.3 Å². The second-order valence-corrected chi connectivity index (χ2v) is 6.34. The first-order chi connectivity index (χ1) is 9.74. The fraction of sp³-hybridized carbons (Fsp3) is 0.368. The maximum absolute atomic E-state index is 2.56. The van der Waals surface area contributed by atoms with E-state index in [2.05, 4.69) is 61.3 Å². The van der Waals surface area contributed by atoms with Gasteiger partial charge in [-0.25, -0.2) is 0 Å². The van der Waals surface area contributed by atoms with Crippen molar-refractivity contribution in [2.45, 2.75) is 38.3 Å². The molecule has 0 saturated carbocycles. The van der Waals surface area contributed by atoms with Crippen LogP contribution in [-0.2, 0) is 0 Å². The molecule has 2 aliphatic heterocycles. The van der Waals surface area contributed by atoms with Crippen molar-refractivity contribution < 1.29 is 0 Å². The number of benzene rings is 2. The first kappa shape index (κ1) is 12.2. The lowest BCUT2D eigenvalue weighted by molar-refractivity contribution is 0.264. The lowest BCUT2D eigenvalue weighted by Gasteiger charge is -2.31. The molecule has 0 spiro atoms. The molecule has 0 aromatic heterocycles. The van der Waals surface area contributed by atoms with Crippen molar-refractivity contribution in [2.24, 2.45) is 0 Å². The van der Waals surface area contributed by atoms with Crippen molar-refractivity contribution in [3.05, 3.63) is 53.6 Å². The van der Waals surface area contributed by atoms with Gasteiger partial charge >= 0.3 is 0 Å². The standard InChI is InChI=1S/C19H21N/c1-13-7-8-14-5-3-4-6-18(14)19(13)15-11-16-9-10-17(12-15)20(16)2/h3-8,11,16-17H,9-10,12H2,1-2H3. The van der Waals surface area contributed by atoms with E-state index >= 15 is 0 Å². The molecule has 0 N–H and O–H groups in total. The maximum Gasteiger partial charge on any atom is 0.0284 e. The zero-order chi connectivity index (χ0) is 13.7. The smallest absolute Gasteiger partial charge is 0.0284 e. The Labute approximate surface area is 120 Å². The number of nitrogens with zero attached hydrogens (tertiary/aromatic N) is 1. The molecule has 1 nitrogen and oxygen atoms in total. The maximum atomic E-state index is 2.56. The average molecular weight is 263 g/mol. The highest BCUT2D eigenvalue weighted by Crippen LogP contribution is 2.40. The van der Waals surface area contributed by atoms with Crippen molar-refractivity contribution in [3.8, 4) is 0 Å². The number of likely N-dealkylation sites (N-methyl/N-ethyl adjacent to an activating group) is 1. The topological polar surface area (TPSA) is 3.24 Å². The van der Waals surface area contributed by atoms with Crippen LogP contribution in [0.25, 0.3) is 16.3 Å². The van der Waals surface area contributed by atoms with Crippen LogP contribution in [-0.4, -0.2) is 24.0 Å². The van der Waals surface area contributed by atoms with Crippen LogP contribution >= 0.6 is 0 Å². The summed E-state index contributed by atoms with van der Waals surface area (Å²) in [7, 11) is 2.28. The van der Waals surface area contributed by atoms with Crippen molar-refractivity contribution in [1.29, 1.82) is 0 Å². The number of hydrogen-bond donors (Lipinski definition) is 0. The Bertz CT molecular complexity index is 698. The molecule has 2 aromatic rings. The van der Waals surface area contributed by atoms with Gasteiger partial charge < -0.3 is 0 Å². The number of aryl methyl sites for hydroxylation is 1. The quantitative estimate of drug-likeness (QED) is 0.737. The van der Waals surface area contributed by atoms with E-state index < -0.39 is 0 Å². The summed E-state index contributed by atoms with van der Waals surface area (Å²) in [6.07, 6.45) is 6.42. The minimum atomic E-state index is 0.655. The van der Waals surface area contributed by atoms with E-state index in [4.69, 9.17) is 0 Å². The summed E-state index contributed by atoms with van der Waals surface area (Å²) >= 11 is 0. The molecule has 2 heterocycles. The summed E-state index contributed by atoms with van der Waals surface area (Å²) in [5.74, 6) is 0. The van der Waals surface area contributed by atoms with E-state index in [0.29, 0.717) is 6.04 Å². The zero-order valence-electron chi connectivity index (χ0n) is 12.3. The lowest BCUT2D eigenvalue weighted by Crippen LogP contribution is -2.34. The predicted molar refractivity (Wildman–Crippen MR) is 85.9 cm³/mol. The van der Waals surface area contributed by atoms with Crippen LogP contribution in [0.15, 0.2) is 42.5 Å². The summed E-state index contributed by atoms with van der Waals surface area (Å²) in [6.45, 7) is 2.25. The van der Waals surface area contributed by atoms with Gasteiger partial charge in [0.25, 0.3) is 0 Å². The minimum Gasteiger partial charge on any atom is -0.297 e. The van der Waals surface area contributed by atoms with Crippen LogP contribution < -0.4 is 0 Å². The summed E-state index contributed by atoms with van der Waals surface area (Å²) in [5.41, 5.74) is 4.48. The molecule has 4 rings (SSSR count). The molecule has 102 valence electrons. The van der Waals surface area contributed by atoms with E-state index in [0.717, 1.165) is 6.04 Å². The van der Waals surface area contributed by atoms with E-state index in [9.17, 15) is 0 Å². The lowest BCUT2D eigenvalue weighted by atomic mass is 9.88. The van der Waals surface area contributed by atoms with Gasteiger partial charge in [-0.05, 0) is 60.7 Å². The van der Waals surface area contributed by atoms with Gasteiger partial charge in [0.05, 0.1) is 0 Å². The summed E-state index contributed by atoms with van der Waals surface area (Å²) in [4.78, 5) is 2.56. The third-order valence-electron chi connectivity index (χ3n) is 5.20. The highest BCUT2D eigenvalue weighted by molar-refractivity contribution is 5.95. The fourth-order valence-electron chi connectivity index (χ4n) is 4.03. The minimum absolute atomic E-state index is 0.655. The number of fused-ring (bicyclic) bond motifs is 3. The van der Waals surface area contributed by atoms with Gasteiger partial charge in [-0.15, -0.1) is 0 Å². The molecule has 1 heteroatoms. The molecular formula is C19H21N. The number of hydrogen-bond acceptors (Lipinski definition) is 1. The molecule has 1 fully saturated rings. The second kappa shape index (κ2) is 4.46. The van der Waals surface area contributed by atoms with Gasteiger partial charge in [-0.3, -0.25) is 4.90 Å². The highest BCUT2D eigenvalue weighted by atomic mass is 15.2. The van der Waals surface area contributed by atoms with Gasteiger partial charge in [0.2, 0.25) is 0 Å². The summed E-state index contributed by atoms with van der Waals surface area (Å²) in [6, 6.07) is 14.7. The Kier molecular flexibility index (Phi) is 2.71. The molecule has 2 atom stereocenters. The Morgan fingerprint density at radius 3 is 2.75 bits per heavy atom. The third-order valence-corrected chi connectivity index (χ3v) is 5.20. The molecule has 1 saturated heterocycles. The molecule has 2 aliphatic rings. The first-order valence-electron chi connectivity index (χ1n) is 7.65. The second-order valence-electron chi connectivity index (χ2n) is 6.34. The molecule has 2 bridgehead atoms. The Morgan fingerprint density at radius 2 is 1.90 bits per heavy atom. The highest BCUT2D eigenvalue weighted by Gasteiger charge is 2.34. The monoisotopic (exact) mass is 263 g/mol. The van der Waals surface area contributed by atoms with Crippen LogP contribution in [0.2, 0.25) is 0 Å². The van der Waals surface area contributed by atoms with Gasteiger partial charge in [0.1, 0.15) is 0 Å². The Morgan fingerprint density at radius 1 is 1.05 bits per heavy atom. The van der Waals surface area contributed by atoms with Crippen LogP contribution in [0.4, 0.5) is 0 Å². The summed E-state index contributed by atoms with van der Waals surface area (Å²) in [5, 5.41) is 2.78. The number of rotatable bonds is 1. The van der Waals surface area contributed by atoms with E-state index in [1.54, 1.807) is 5.57 Å². The van der Waals surface area contributed by atoms with E-state index in [1.807, 2.05) is 0 Å². The molecular weight excluding hydrogens is 242 g/mol. The normalized spacial score (nSPS) is 26.0. The van der Waals surface area contributed by atoms with Crippen LogP contribution in [0.5, 0.6) is 0 Å². The molecule has 2 unspecified atom stereocenters. The van der Waals surface area contributed by atoms with Gasteiger partial charge in [-0.2, -0.15) is 0 Å². The van der Waals surface area contributed by atoms with Gasteiger partial charge in [-0.1, -0.05) is 42.5 Å². The van der Waals surface area contributed by atoms with E-state index in [1.165, 1.54) is 41.2 Å². The zero-order valence-corrected chi connectivity index (χ0v) is 12.3. The SMILES string of the molecule is Cc1ccc2ccccc2c1C1=CC2CCC(C1)N2C. The van der Waals surface area contributed by atoms with Gasteiger partial charge in [0, 0.05) is 12.1 Å². The first-order valence-corrected chi connectivity index (χ1v) is 7.65. The fourth-order valence-corrected chi connectivity index (χ4v) is 4.03. The van der Waals surface area contributed by atoms with Crippen LogP contribution in [0, 0.1) is 6.92 Å². The van der Waals surface area contributed by atoms with Gasteiger partial charge in [0.15, 0.2) is 0 Å². The molecule has 0 radical (unpaired) electrons. The molecule has 2 aromatic carbocycles. The molecule has 20 heavy (non-hydrogen) atoms. The average Bonchev–Trinajstić information content (AvgIpc) is 2.69. The van der Waals surface area contributed by atoms with Crippen LogP contribution in [0.1, 0.15) is 30.4 Å². The molecule has 0 aliphatic carbocycles. The predicted octanol–water partition coefficient (Wildman–Crippen LogP) is 4.40. The Balaban J connectivity index is 1.91. The van der Waals surface area contributed by atoms with Crippen molar-refractivity contribution in [1.82, 2.24) is 4.90 Å². The van der Waals surface area contributed by atoms with Crippen molar-refractivity contribution in [3.63, 3.8) is 0 Å². The third kappa shape index (κ3) is 1.73. The van der Waals surface area contributed by atoms with Crippen LogP contribution in [0.3, 0.4) is 0 Å². The largest absolute Gasteiger partial charge is 0.297 e. The molecule has 0 amide bonds. The summed E-state index contributed by atoms with van der Waals surface area (Å²) < 4.78 is 0. The Hall–Kier alpha value is -1.60.